The molecule has 31 heavy (non-hydrogen) atoms. The molecule has 1 aromatic carbocycles. The minimum absolute atomic E-state index is 0.0195. The van der Waals surface area contributed by atoms with Gasteiger partial charge in [0.15, 0.2) is 5.62 Å². The summed E-state index contributed by atoms with van der Waals surface area (Å²) in [6, 6.07) is 8.12. The molecule has 166 valence electrons. The Morgan fingerprint density at radius 3 is 2.55 bits per heavy atom. The van der Waals surface area contributed by atoms with Crippen molar-refractivity contribution in [2.24, 2.45) is 5.92 Å². The van der Waals surface area contributed by atoms with Crippen LogP contribution >= 0.6 is 0 Å². The van der Waals surface area contributed by atoms with Crippen LogP contribution in [0, 0.1) is 5.92 Å². The Morgan fingerprint density at radius 1 is 1.23 bits per heavy atom. The smallest absolute Gasteiger partial charge is 0.278 e. The fourth-order valence-corrected chi connectivity index (χ4v) is 4.41. The van der Waals surface area contributed by atoms with Gasteiger partial charge in [0.25, 0.3) is 5.91 Å². The van der Waals surface area contributed by atoms with E-state index in [4.69, 9.17) is 4.84 Å². The molecule has 0 atom stereocenters. The SMILES string of the molecule is CONC(=O)c1cnc(NC(=O)C2CC2)cc1Nc1ccccc1[SH](=O)(C=O)N(C)C. The highest BCUT2D eigenvalue weighted by molar-refractivity contribution is 8.13. The first kappa shape index (κ1) is 22.5. The Labute approximate surface area is 180 Å². The summed E-state index contributed by atoms with van der Waals surface area (Å²) in [5.74, 6) is -0.460. The summed E-state index contributed by atoms with van der Waals surface area (Å²) in [5.41, 5.74) is 3.46. The van der Waals surface area contributed by atoms with Crippen molar-refractivity contribution in [1.29, 1.82) is 0 Å². The number of hydrogen-bond acceptors (Lipinski definition) is 7. The molecule has 1 aromatic heterocycles. The first-order valence-electron chi connectivity index (χ1n) is 9.55. The van der Waals surface area contributed by atoms with Gasteiger partial charge >= 0.3 is 0 Å². The summed E-state index contributed by atoms with van der Waals surface area (Å²) in [4.78, 5) is 45.4. The summed E-state index contributed by atoms with van der Waals surface area (Å²) in [5, 5.41) is 5.80. The third-order valence-electron chi connectivity index (χ3n) is 4.80. The first-order valence-corrected chi connectivity index (χ1v) is 11.3. The lowest BCUT2D eigenvalue weighted by atomic mass is 10.2. The first-order chi connectivity index (χ1) is 14.8. The van der Waals surface area contributed by atoms with Crippen LogP contribution in [-0.2, 0) is 24.5 Å². The van der Waals surface area contributed by atoms with Gasteiger partial charge in [0, 0.05) is 28.3 Å². The van der Waals surface area contributed by atoms with E-state index in [9.17, 15) is 18.6 Å². The predicted molar refractivity (Wildman–Crippen MR) is 118 cm³/mol. The molecule has 2 aromatic rings. The van der Waals surface area contributed by atoms with Crippen LogP contribution < -0.4 is 16.1 Å². The number of nitrogens with one attached hydrogen (secondary N) is 3. The van der Waals surface area contributed by atoms with E-state index < -0.39 is 16.0 Å². The lowest BCUT2D eigenvalue weighted by Crippen LogP contribution is -2.32. The molecule has 3 N–H and O–H groups in total. The van der Waals surface area contributed by atoms with Crippen molar-refractivity contribution in [3.8, 4) is 0 Å². The Hall–Kier alpha value is -3.15. The second-order valence-electron chi connectivity index (χ2n) is 7.23. The number of nitrogens with zero attached hydrogens (tertiary/aromatic N) is 2. The summed E-state index contributed by atoms with van der Waals surface area (Å²) in [6.07, 6.45) is 2.97. The average Bonchev–Trinajstić information content (AvgIpc) is 3.59. The monoisotopic (exact) mass is 447 g/mol. The van der Waals surface area contributed by atoms with Crippen LogP contribution in [0.2, 0.25) is 0 Å². The minimum Gasteiger partial charge on any atom is -0.354 e. The Balaban J connectivity index is 2.02. The van der Waals surface area contributed by atoms with Crippen molar-refractivity contribution in [3.05, 3.63) is 42.1 Å². The molecule has 0 aliphatic heterocycles. The number of aromatic nitrogens is 1. The van der Waals surface area contributed by atoms with Gasteiger partial charge in [0.2, 0.25) is 5.91 Å². The number of rotatable bonds is 9. The zero-order chi connectivity index (χ0) is 22.6. The van der Waals surface area contributed by atoms with Gasteiger partial charge in [-0.3, -0.25) is 23.4 Å². The van der Waals surface area contributed by atoms with E-state index in [0.717, 1.165) is 12.8 Å². The lowest BCUT2D eigenvalue weighted by molar-refractivity contribution is -0.117. The number of hydrogen-bond donors (Lipinski definition) is 4. The maximum absolute atomic E-state index is 13.3. The minimum atomic E-state index is -3.51. The quantitative estimate of drug-likeness (QED) is 0.260. The van der Waals surface area contributed by atoms with E-state index in [1.807, 2.05) is 0 Å². The number of benzene rings is 1. The van der Waals surface area contributed by atoms with Crippen molar-refractivity contribution >= 4 is 44.7 Å². The number of amides is 2. The number of carbonyl (C=O) groups excluding carboxylic acids is 3. The van der Waals surface area contributed by atoms with Crippen LogP contribution in [0.3, 0.4) is 0 Å². The Morgan fingerprint density at radius 2 is 1.94 bits per heavy atom. The number of hydroxylamine groups is 1. The second-order valence-corrected chi connectivity index (χ2v) is 9.97. The van der Waals surface area contributed by atoms with Gasteiger partial charge in [0.05, 0.1) is 28.9 Å². The third kappa shape index (κ3) is 4.95. The van der Waals surface area contributed by atoms with Crippen LogP contribution in [0.5, 0.6) is 0 Å². The van der Waals surface area contributed by atoms with Crippen molar-refractivity contribution in [3.63, 3.8) is 0 Å². The van der Waals surface area contributed by atoms with E-state index in [1.165, 1.54) is 23.7 Å². The molecule has 1 aliphatic carbocycles. The van der Waals surface area contributed by atoms with Gasteiger partial charge in [-0.2, -0.15) is 0 Å². The van der Waals surface area contributed by atoms with Crippen molar-refractivity contribution in [2.45, 2.75) is 17.7 Å². The highest BCUT2D eigenvalue weighted by atomic mass is 32.3. The van der Waals surface area contributed by atoms with Crippen molar-refractivity contribution in [2.75, 3.05) is 31.8 Å². The van der Waals surface area contributed by atoms with Gasteiger partial charge in [0.1, 0.15) is 5.82 Å². The second kappa shape index (κ2) is 9.33. The Kier molecular flexibility index (Phi) is 6.78. The van der Waals surface area contributed by atoms with Crippen LogP contribution in [0.1, 0.15) is 23.2 Å². The fraction of sp³-hybridized carbons (Fsp3) is 0.300. The normalized spacial score (nSPS) is 14.1. The lowest BCUT2D eigenvalue weighted by Gasteiger charge is -2.27. The highest BCUT2D eigenvalue weighted by Crippen LogP contribution is 2.33. The third-order valence-corrected chi connectivity index (χ3v) is 7.35. The van der Waals surface area contributed by atoms with Crippen molar-refractivity contribution in [1.82, 2.24) is 14.8 Å². The molecular formula is C20H25N5O5S. The molecule has 0 bridgehead atoms. The summed E-state index contributed by atoms with van der Waals surface area (Å²) >= 11 is 0. The average molecular weight is 448 g/mol. The van der Waals surface area contributed by atoms with E-state index in [1.54, 1.807) is 38.4 Å². The predicted octanol–water partition coefficient (Wildman–Crippen LogP) is 1.51. The molecule has 0 radical (unpaired) electrons. The van der Waals surface area contributed by atoms with Crippen molar-refractivity contribution < 1.29 is 23.4 Å². The summed E-state index contributed by atoms with van der Waals surface area (Å²) < 4.78 is 14.6. The molecule has 11 heteroatoms. The van der Waals surface area contributed by atoms with E-state index in [2.05, 4.69) is 21.1 Å². The van der Waals surface area contributed by atoms with Crippen LogP contribution in [0.25, 0.3) is 0 Å². The highest BCUT2D eigenvalue weighted by Gasteiger charge is 2.30. The van der Waals surface area contributed by atoms with Gasteiger partial charge < -0.3 is 10.6 Å². The maximum Gasteiger partial charge on any atom is 0.278 e. The molecule has 1 heterocycles. The molecule has 0 spiro atoms. The standard InChI is InChI=1S/C20H25N5O5S/c1-25(2)31(29,12-26)17-7-5-4-6-15(17)22-16-10-18(23-19(27)13-8-9-13)21-11-14(16)20(28)24-30-3/h4-7,10-13,31H,8-9H2,1-3H3,(H,24,28)(H2,21,22,23,27). The summed E-state index contributed by atoms with van der Waals surface area (Å²) in [7, 11) is 0.905. The molecule has 0 saturated heterocycles. The van der Waals surface area contributed by atoms with E-state index >= 15 is 0 Å². The molecule has 2 amide bonds. The number of carbonyl (C=O) groups is 3. The van der Waals surface area contributed by atoms with Gasteiger partial charge in [-0.25, -0.2) is 14.8 Å². The van der Waals surface area contributed by atoms with Gasteiger partial charge in [-0.15, -0.1) is 0 Å². The number of pyridine rings is 1. The molecule has 1 aliphatic rings. The Bertz CT molecular complexity index is 1050. The van der Waals surface area contributed by atoms with E-state index in [-0.39, 0.29) is 28.1 Å². The summed E-state index contributed by atoms with van der Waals surface area (Å²) in [6.45, 7) is 0. The molecule has 10 nitrogen and oxygen atoms in total. The molecule has 3 rings (SSSR count). The number of para-hydroxylation sites is 1. The number of thiol groups is 1. The molecule has 1 saturated carbocycles. The van der Waals surface area contributed by atoms with Crippen LogP contribution in [-0.4, -0.2) is 52.1 Å². The fourth-order valence-electron chi connectivity index (χ4n) is 2.90. The van der Waals surface area contributed by atoms with Crippen LogP contribution in [0.15, 0.2) is 41.4 Å². The zero-order valence-electron chi connectivity index (χ0n) is 17.4. The molecule has 0 unspecified atom stereocenters. The molecule has 1 fully saturated rings. The van der Waals surface area contributed by atoms with Crippen LogP contribution in [0.4, 0.5) is 17.2 Å². The largest absolute Gasteiger partial charge is 0.354 e. The molecular weight excluding hydrogens is 422 g/mol. The van der Waals surface area contributed by atoms with Gasteiger partial charge in [-0.1, -0.05) is 12.1 Å². The maximum atomic E-state index is 13.3. The zero-order valence-corrected chi connectivity index (χ0v) is 18.3. The topological polar surface area (TPSA) is 130 Å². The van der Waals surface area contributed by atoms with Gasteiger partial charge in [-0.05, 0) is 39.1 Å². The number of anilines is 3. The van der Waals surface area contributed by atoms with E-state index in [0.29, 0.717) is 17.0 Å².